The van der Waals surface area contributed by atoms with Crippen LogP contribution in [0.15, 0.2) is 77.7 Å². The van der Waals surface area contributed by atoms with Crippen molar-refractivity contribution in [2.24, 2.45) is 0 Å². The summed E-state index contributed by atoms with van der Waals surface area (Å²) < 4.78 is 52.0. The van der Waals surface area contributed by atoms with E-state index in [9.17, 15) is 17.6 Å². The van der Waals surface area contributed by atoms with Crippen molar-refractivity contribution in [1.82, 2.24) is 0 Å². The average Bonchev–Trinajstić information content (AvgIpc) is 2.78. The zero-order chi connectivity index (χ0) is 22.4. The SMILES string of the molecule is COc1ccc(S(=O)(=O)N(CC(=O)Nc2cccc(OC)c2)c2ccccc2F)cc1. The molecule has 0 heterocycles. The first kappa shape index (κ1) is 22.1. The van der Waals surface area contributed by atoms with Gasteiger partial charge in [0, 0.05) is 11.8 Å². The van der Waals surface area contributed by atoms with Gasteiger partial charge >= 0.3 is 0 Å². The predicted molar refractivity (Wildman–Crippen MR) is 116 cm³/mol. The standard InChI is InChI=1S/C22H21FN2O5S/c1-29-17-10-12-19(13-11-17)31(27,28)25(21-9-4-3-8-20(21)23)15-22(26)24-16-6-5-7-18(14-16)30-2/h3-14H,15H2,1-2H3,(H,24,26). The minimum absolute atomic E-state index is 0.106. The second-order valence-corrected chi connectivity index (χ2v) is 8.28. The van der Waals surface area contributed by atoms with Gasteiger partial charge in [0.2, 0.25) is 5.91 Å². The number of hydrogen-bond donors (Lipinski definition) is 1. The van der Waals surface area contributed by atoms with E-state index in [-0.39, 0.29) is 10.6 Å². The molecule has 0 saturated heterocycles. The summed E-state index contributed by atoms with van der Waals surface area (Å²) in [5.41, 5.74) is 0.179. The Morgan fingerprint density at radius 2 is 1.61 bits per heavy atom. The highest BCUT2D eigenvalue weighted by molar-refractivity contribution is 7.92. The Hall–Kier alpha value is -3.59. The molecule has 0 aliphatic heterocycles. The molecule has 162 valence electrons. The summed E-state index contributed by atoms with van der Waals surface area (Å²) in [4.78, 5) is 12.6. The van der Waals surface area contributed by atoms with Crippen LogP contribution in [0.2, 0.25) is 0 Å². The summed E-state index contributed by atoms with van der Waals surface area (Å²) in [6.07, 6.45) is 0. The summed E-state index contributed by atoms with van der Waals surface area (Å²) in [6.45, 7) is -0.632. The van der Waals surface area contributed by atoms with Crippen LogP contribution < -0.4 is 19.1 Å². The van der Waals surface area contributed by atoms with E-state index in [1.807, 2.05) is 0 Å². The molecule has 0 aliphatic carbocycles. The van der Waals surface area contributed by atoms with E-state index in [2.05, 4.69) is 5.32 Å². The van der Waals surface area contributed by atoms with Crippen LogP contribution in [0.4, 0.5) is 15.8 Å². The Bertz CT molecular complexity index is 1170. The van der Waals surface area contributed by atoms with Crippen LogP contribution in [0.25, 0.3) is 0 Å². The first-order valence-electron chi connectivity index (χ1n) is 9.20. The van der Waals surface area contributed by atoms with Crippen LogP contribution >= 0.6 is 0 Å². The fraction of sp³-hybridized carbons (Fsp3) is 0.136. The summed E-state index contributed by atoms with van der Waals surface area (Å²) >= 11 is 0. The van der Waals surface area contributed by atoms with E-state index in [1.165, 1.54) is 56.7 Å². The highest BCUT2D eigenvalue weighted by atomic mass is 32.2. The number of carbonyl (C=O) groups is 1. The van der Waals surface area contributed by atoms with E-state index >= 15 is 0 Å². The Morgan fingerprint density at radius 3 is 2.26 bits per heavy atom. The topological polar surface area (TPSA) is 84.9 Å². The van der Waals surface area contributed by atoms with Gasteiger partial charge in [0.1, 0.15) is 23.9 Å². The number of amides is 1. The third kappa shape index (κ3) is 5.13. The molecule has 0 bridgehead atoms. The number of methoxy groups -OCH3 is 2. The highest BCUT2D eigenvalue weighted by Gasteiger charge is 2.29. The molecule has 0 atom stereocenters. The van der Waals surface area contributed by atoms with E-state index in [0.717, 1.165) is 10.4 Å². The Labute approximate surface area is 180 Å². The van der Waals surface area contributed by atoms with Gasteiger partial charge in [0.05, 0.1) is 24.8 Å². The van der Waals surface area contributed by atoms with Crippen LogP contribution in [-0.2, 0) is 14.8 Å². The molecule has 9 heteroatoms. The maximum atomic E-state index is 14.5. The smallest absolute Gasteiger partial charge is 0.264 e. The van der Waals surface area contributed by atoms with Gasteiger partial charge in [-0.25, -0.2) is 12.8 Å². The second kappa shape index (κ2) is 9.48. The van der Waals surface area contributed by atoms with Crippen molar-refractivity contribution in [2.45, 2.75) is 4.90 Å². The summed E-state index contributed by atoms with van der Waals surface area (Å²) in [6, 6.07) is 17.6. The van der Waals surface area contributed by atoms with Gasteiger partial charge in [-0.05, 0) is 48.5 Å². The van der Waals surface area contributed by atoms with Gasteiger partial charge < -0.3 is 14.8 Å². The minimum atomic E-state index is -4.25. The van der Waals surface area contributed by atoms with Gasteiger partial charge in [-0.15, -0.1) is 0 Å². The summed E-state index contributed by atoms with van der Waals surface area (Å²) in [7, 11) is -1.30. The lowest BCUT2D eigenvalue weighted by Crippen LogP contribution is -2.38. The number of nitrogens with one attached hydrogen (secondary N) is 1. The number of halogens is 1. The molecular weight excluding hydrogens is 423 g/mol. The van der Waals surface area contributed by atoms with Gasteiger partial charge in [0.25, 0.3) is 10.0 Å². The van der Waals surface area contributed by atoms with Crippen molar-refractivity contribution in [1.29, 1.82) is 0 Å². The highest BCUT2D eigenvalue weighted by Crippen LogP contribution is 2.27. The number of hydrogen-bond acceptors (Lipinski definition) is 5. The lowest BCUT2D eigenvalue weighted by Gasteiger charge is -2.24. The van der Waals surface area contributed by atoms with Crippen molar-refractivity contribution in [2.75, 3.05) is 30.4 Å². The normalized spacial score (nSPS) is 10.9. The molecule has 0 saturated carbocycles. The monoisotopic (exact) mass is 444 g/mol. The Balaban J connectivity index is 1.94. The van der Waals surface area contributed by atoms with E-state index in [1.54, 1.807) is 24.3 Å². The number of carbonyl (C=O) groups excluding carboxylic acids is 1. The van der Waals surface area contributed by atoms with E-state index in [0.29, 0.717) is 17.2 Å². The van der Waals surface area contributed by atoms with E-state index < -0.39 is 28.3 Å². The van der Waals surface area contributed by atoms with Crippen LogP contribution in [0, 0.1) is 5.82 Å². The third-order valence-corrected chi connectivity index (χ3v) is 6.18. The Morgan fingerprint density at radius 1 is 0.935 bits per heavy atom. The predicted octanol–water partition coefficient (Wildman–Crippen LogP) is 3.68. The molecule has 3 aromatic carbocycles. The van der Waals surface area contributed by atoms with Crippen molar-refractivity contribution in [3.63, 3.8) is 0 Å². The summed E-state index contributed by atoms with van der Waals surface area (Å²) in [5.74, 6) is -0.427. The van der Waals surface area contributed by atoms with Crippen LogP contribution in [-0.4, -0.2) is 35.1 Å². The number of nitrogens with zero attached hydrogens (tertiary/aromatic N) is 1. The van der Waals surface area contributed by atoms with Crippen molar-refractivity contribution < 1.29 is 27.1 Å². The molecule has 0 radical (unpaired) electrons. The van der Waals surface area contributed by atoms with Crippen molar-refractivity contribution >= 4 is 27.3 Å². The molecule has 0 aliphatic rings. The summed E-state index contributed by atoms with van der Waals surface area (Å²) in [5, 5.41) is 2.61. The Kier molecular flexibility index (Phi) is 6.76. The molecule has 3 rings (SSSR count). The average molecular weight is 444 g/mol. The number of benzene rings is 3. The molecule has 1 N–H and O–H groups in total. The minimum Gasteiger partial charge on any atom is -0.497 e. The van der Waals surface area contributed by atoms with Gasteiger partial charge in [0.15, 0.2) is 0 Å². The molecule has 0 spiro atoms. The zero-order valence-corrected chi connectivity index (χ0v) is 17.7. The number of para-hydroxylation sites is 1. The molecule has 1 amide bonds. The third-order valence-electron chi connectivity index (χ3n) is 4.41. The van der Waals surface area contributed by atoms with E-state index in [4.69, 9.17) is 9.47 Å². The molecule has 3 aromatic rings. The van der Waals surface area contributed by atoms with Crippen LogP contribution in [0.3, 0.4) is 0 Å². The van der Waals surface area contributed by atoms with Gasteiger partial charge in [-0.1, -0.05) is 18.2 Å². The fourth-order valence-electron chi connectivity index (χ4n) is 2.86. The lowest BCUT2D eigenvalue weighted by atomic mass is 10.3. The molecule has 0 aromatic heterocycles. The lowest BCUT2D eigenvalue weighted by molar-refractivity contribution is -0.114. The molecule has 0 unspecified atom stereocenters. The van der Waals surface area contributed by atoms with Gasteiger partial charge in [-0.2, -0.15) is 0 Å². The first-order chi connectivity index (χ1) is 14.8. The van der Waals surface area contributed by atoms with Crippen molar-refractivity contribution in [3.8, 4) is 11.5 Å². The largest absolute Gasteiger partial charge is 0.497 e. The molecule has 7 nitrogen and oxygen atoms in total. The molecular formula is C22H21FN2O5S. The number of rotatable bonds is 8. The fourth-order valence-corrected chi connectivity index (χ4v) is 4.29. The molecule has 0 fully saturated rings. The first-order valence-corrected chi connectivity index (χ1v) is 10.6. The van der Waals surface area contributed by atoms with Crippen molar-refractivity contribution in [3.05, 3.63) is 78.6 Å². The molecule has 31 heavy (non-hydrogen) atoms. The maximum Gasteiger partial charge on any atom is 0.264 e. The van der Waals surface area contributed by atoms with Crippen LogP contribution in [0.5, 0.6) is 11.5 Å². The second-order valence-electron chi connectivity index (χ2n) is 6.42. The number of ether oxygens (including phenoxy) is 2. The quantitative estimate of drug-likeness (QED) is 0.573. The van der Waals surface area contributed by atoms with Crippen LogP contribution in [0.1, 0.15) is 0 Å². The number of sulfonamides is 1. The maximum absolute atomic E-state index is 14.5. The van der Waals surface area contributed by atoms with Gasteiger partial charge in [-0.3, -0.25) is 9.10 Å². The zero-order valence-electron chi connectivity index (χ0n) is 16.9. The number of anilines is 2.